The Morgan fingerprint density at radius 2 is 2.05 bits per heavy atom. The molecule has 2 aromatic rings. The minimum absolute atomic E-state index is 0.0226. The van der Waals surface area contributed by atoms with Crippen molar-refractivity contribution < 1.29 is 18.7 Å². The molecule has 0 unspecified atom stereocenters. The fraction of sp³-hybridized carbons (Fsp3) is 0.188. The van der Waals surface area contributed by atoms with E-state index in [0.717, 1.165) is 0 Å². The van der Waals surface area contributed by atoms with E-state index in [1.807, 2.05) is 18.2 Å². The van der Waals surface area contributed by atoms with Crippen LogP contribution in [0.4, 0.5) is 4.39 Å². The van der Waals surface area contributed by atoms with Crippen molar-refractivity contribution in [2.75, 3.05) is 6.61 Å². The van der Waals surface area contributed by atoms with Gasteiger partial charge in [0.15, 0.2) is 0 Å². The van der Waals surface area contributed by atoms with E-state index in [-0.39, 0.29) is 17.5 Å². The minimum atomic E-state index is -1.27. The van der Waals surface area contributed by atoms with Crippen molar-refractivity contribution in [3.63, 3.8) is 0 Å². The Balaban J connectivity index is 1.97. The van der Waals surface area contributed by atoms with Crippen LogP contribution in [0.15, 0.2) is 40.9 Å². The normalized spacial score (nSPS) is 25.4. The van der Waals surface area contributed by atoms with Gasteiger partial charge in [-0.05, 0) is 15.9 Å². The van der Waals surface area contributed by atoms with Gasteiger partial charge in [0.05, 0.1) is 10.9 Å². The minimum Gasteiger partial charge on any atom is -0.469 e. The Morgan fingerprint density at radius 1 is 1.32 bits per heavy atom. The third-order valence-corrected chi connectivity index (χ3v) is 5.58. The first-order chi connectivity index (χ1) is 10.6. The molecule has 1 saturated heterocycles. The highest BCUT2D eigenvalue weighted by atomic mass is 79.9. The zero-order chi connectivity index (χ0) is 15.5. The van der Waals surface area contributed by atoms with Gasteiger partial charge in [-0.2, -0.15) is 0 Å². The van der Waals surface area contributed by atoms with Gasteiger partial charge in [-0.25, -0.2) is 9.18 Å². The fourth-order valence-corrected chi connectivity index (χ4v) is 3.98. The summed E-state index contributed by atoms with van der Waals surface area (Å²) in [6.07, 6.45) is 0. The van der Waals surface area contributed by atoms with Crippen LogP contribution in [0.25, 0.3) is 0 Å². The molecule has 0 radical (unpaired) electrons. The van der Waals surface area contributed by atoms with Crippen molar-refractivity contribution in [2.24, 2.45) is 0 Å². The molecule has 6 heteroatoms. The van der Waals surface area contributed by atoms with Crippen LogP contribution in [-0.2, 0) is 15.1 Å². The van der Waals surface area contributed by atoms with Crippen molar-refractivity contribution in [3.05, 3.63) is 62.8 Å². The van der Waals surface area contributed by atoms with Gasteiger partial charge in [0.2, 0.25) is 5.60 Å². The standard InChI is InChI=1S/C16H9BrClFO3/c17-13-12-9-7-21-15(20)16(9,8-4-2-1-3-5-8)22-11(12)6-10(19)14(13)18/h1-6,9H,7H2/t9-,16+/m0/s1. The largest absolute Gasteiger partial charge is 0.469 e. The molecular weight excluding hydrogens is 375 g/mol. The zero-order valence-electron chi connectivity index (χ0n) is 11.1. The molecule has 0 bridgehead atoms. The summed E-state index contributed by atoms with van der Waals surface area (Å²) >= 11 is 9.29. The molecule has 2 aromatic carbocycles. The van der Waals surface area contributed by atoms with E-state index < -0.39 is 17.4 Å². The van der Waals surface area contributed by atoms with E-state index in [0.29, 0.717) is 21.3 Å². The summed E-state index contributed by atoms with van der Waals surface area (Å²) in [7, 11) is 0. The lowest BCUT2D eigenvalue weighted by Gasteiger charge is -2.24. The van der Waals surface area contributed by atoms with Crippen molar-refractivity contribution in [1.82, 2.24) is 0 Å². The monoisotopic (exact) mass is 382 g/mol. The van der Waals surface area contributed by atoms with Gasteiger partial charge in [0.1, 0.15) is 18.2 Å². The summed E-state index contributed by atoms with van der Waals surface area (Å²) in [5, 5.41) is -0.0226. The number of fused-ring (bicyclic) bond motifs is 3. The number of rotatable bonds is 1. The summed E-state index contributed by atoms with van der Waals surface area (Å²) in [5.41, 5.74) is 0.0756. The van der Waals surface area contributed by atoms with Crippen LogP contribution in [-0.4, -0.2) is 12.6 Å². The first-order valence-corrected chi connectivity index (χ1v) is 7.82. The van der Waals surface area contributed by atoms with Crippen LogP contribution < -0.4 is 4.74 Å². The van der Waals surface area contributed by atoms with Crippen LogP contribution in [0.1, 0.15) is 17.0 Å². The number of hydrogen-bond acceptors (Lipinski definition) is 3. The van der Waals surface area contributed by atoms with Gasteiger partial charge in [-0.3, -0.25) is 0 Å². The average Bonchev–Trinajstić information content (AvgIpc) is 3.02. The van der Waals surface area contributed by atoms with E-state index in [1.54, 1.807) is 12.1 Å². The maximum absolute atomic E-state index is 13.9. The first-order valence-electron chi connectivity index (χ1n) is 6.65. The number of esters is 1. The number of carbonyl (C=O) groups is 1. The predicted molar refractivity (Wildman–Crippen MR) is 81.6 cm³/mol. The highest BCUT2D eigenvalue weighted by Gasteiger charge is 2.62. The molecule has 0 N–H and O–H groups in total. The Morgan fingerprint density at radius 3 is 2.77 bits per heavy atom. The number of carbonyl (C=O) groups excluding carboxylic acids is 1. The van der Waals surface area contributed by atoms with Crippen molar-refractivity contribution in [3.8, 4) is 5.75 Å². The van der Waals surface area contributed by atoms with Crippen LogP contribution in [0.2, 0.25) is 5.02 Å². The van der Waals surface area contributed by atoms with Crippen molar-refractivity contribution in [1.29, 1.82) is 0 Å². The predicted octanol–water partition coefficient (Wildman–Crippen LogP) is 4.17. The number of cyclic esters (lactones) is 1. The van der Waals surface area contributed by atoms with Gasteiger partial charge in [-0.15, -0.1) is 0 Å². The maximum Gasteiger partial charge on any atom is 0.356 e. The van der Waals surface area contributed by atoms with Gasteiger partial charge >= 0.3 is 5.97 Å². The summed E-state index contributed by atoms with van der Waals surface area (Å²) in [6, 6.07) is 10.3. The molecular formula is C16H9BrClFO3. The quantitative estimate of drug-likeness (QED) is 0.548. The fourth-order valence-electron chi connectivity index (χ4n) is 3.16. The molecule has 2 atom stereocenters. The summed E-state index contributed by atoms with van der Waals surface area (Å²) < 4.78 is 25.5. The molecule has 0 saturated carbocycles. The highest BCUT2D eigenvalue weighted by Crippen LogP contribution is 2.57. The number of hydrogen-bond donors (Lipinski definition) is 0. The lowest BCUT2D eigenvalue weighted by atomic mass is 9.81. The lowest BCUT2D eigenvalue weighted by molar-refractivity contribution is -0.151. The van der Waals surface area contributed by atoms with Gasteiger partial charge < -0.3 is 9.47 Å². The Hall–Kier alpha value is -1.59. The second-order valence-corrected chi connectivity index (χ2v) is 6.42. The SMILES string of the molecule is O=C1OC[C@H]2c3c(cc(F)c(Cl)c3Br)O[C@@]12c1ccccc1. The van der Waals surface area contributed by atoms with Crippen LogP contribution in [0.3, 0.4) is 0 Å². The second-order valence-electron chi connectivity index (χ2n) is 5.25. The number of benzene rings is 2. The van der Waals surface area contributed by atoms with E-state index in [4.69, 9.17) is 21.1 Å². The van der Waals surface area contributed by atoms with Crippen LogP contribution in [0.5, 0.6) is 5.75 Å². The molecule has 0 aromatic heterocycles. The van der Waals surface area contributed by atoms with Crippen LogP contribution >= 0.6 is 27.5 Å². The van der Waals surface area contributed by atoms with Crippen molar-refractivity contribution in [2.45, 2.75) is 11.5 Å². The summed E-state index contributed by atoms with van der Waals surface area (Å²) in [6.45, 7) is 0.168. The summed E-state index contributed by atoms with van der Waals surface area (Å²) in [5.74, 6) is -1.11. The van der Waals surface area contributed by atoms with E-state index in [1.165, 1.54) is 6.07 Å². The molecule has 0 aliphatic carbocycles. The Kier molecular flexibility index (Phi) is 3.00. The van der Waals surface area contributed by atoms with Gasteiger partial charge in [0.25, 0.3) is 0 Å². The third-order valence-electron chi connectivity index (χ3n) is 4.16. The number of halogens is 3. The maximum atomic E-state index is 13.9. The molecule has 0 spiro atoms. The molecule has 3 nitrogen and oxygen atoms in total. The molecule has 1 fully saturated rings. The molecule has 2 heterocycles. The topological polar surface area (TPSA) is 35.5 Å². The van der Waals surface area contributed by atoms with Gasteiger partial charge in [0, 0.05) is 21.7 Å². The van der Waals surface area contributed by atoms with Gasteiger partial charge in [-0.1, -0.05) is 41.9 Å². The number of ether oxygens (including phenoxy) is 2. The molecule has 112 valence electrons. The first kappa shape index (κ1) is 14.0. The molecule has 2 aliphatic heterocycles. The average molecular weight is 384 g/mol. The molecule has 2 aliphatic rings. The van der Waals surface area contributed by atoms with E-state index >= 15 is 0 Å². The third kappa shape index (κ3) is 1.64. The van der Waals surface area contributed by atoms with Crippen molar-refractivity contribution >= 4 is 33.5 Å². The zero-order valence-corrected chi connectivity index (χ0v) is 13.4. The molecule has 0 amide bonds. The van der Waals surface area contributed by atoms with E-state index in [2.05, 4.69) is 15.9 Å². The Labute approximate surface area is 139 Å². The highest BCUT2D eigenvalue weighted by molar-refractivity contribution is 9.10. The summed E-state index contributed by atoms with van der Waals surface area (Å²) in [4.78, 5) is 12.4. The van der Waals surface area contributed by atoms with E-state index in [9.17, 15) is 9.18 Å². The molecule has 4 rings (SSSR count). The Bertz CT molecular complexity index is 796. The van der Waals surface area contributed by atoms with Crippen LogP contribution in [0, 0.1) is 5.82 Å². The molecule has 22 heavy (non-hydrogen) atoms. The second kappa shape index (κ2) is 4.70. The smallest absolute Gasteiger partial charge is 0.356 e. The lowest BCUT2D eigenvalue weighted by Crippen LogP contribution is -2.38.